The molecule has 3 aromatic rings. The van der Waals surface area contributed by atoms with Crippen molar-refractivity contribution in [3.63, 3.8) is 0 Å². The maximum Gasteiger partial charge on any atom is 0.335 e. The Labute approximate surface area is 165 Å². The number of hydrogen-bond acceptors (Lipinski definition) is 2. The zero-order valence-electron chi connectivity index (χ0n) is 16.3. The van der Waals surface area contributed by atoms with Crippen LogP contribution in [0.5, 0.6) is 0 Å². The van der Waals surface area contributed by atoms with Gasteiger partial charge in [-0.2, -0.15) is 0 Å². The lowest BCUT2D eigenvalue weighted by atomic mass is 9.98. The molecule has 1 heterocycles. The average molecular weight is 378 g/mol. The van der Waals surface area contributed by atoms with E-state index in [-0.39, 0.29) is 17.4 Å². The normalized spacial score (nSPS) is 12.1. The number of aromatic nitrogens is 1. The SMILES string of the molecule is CCCCC(CC)C(=O)Nc1ccc2ccn(-c3ccc(C(=O)O)cc3)c2c1. The van der Waals surface area contributed by atoms with Crippen molar-refractivity contribution in [2.75, 3.05) is 5.32 Å². The van der Waals surface area contributed by atoms with E-state index in [1.165, 1.54) is 0 Å². The number of benzene rings is 2. The third kappa shape index (κ3) is 4.25. The molecule has 2 aromatic carbocycles. The van der Waals surface area contributed by atoms with Crippen LogP contribution >= 0.6 is 0 Å². The molecule has 0 aliphatic rings. The zero-order chi connectivity index (χ0) is 20.1. The van der Waals surface area contributed by atoms with Crippen LogP contribution in [0, 0.1) is 5.92 Å². The van der Waals surface area contributed by atoms with Crippen LogP contribution in [-0.4, -0.2) is 21.6 Å². The number of rotatable bonds is 8. The minimum atomic E-state index is -0.942. The highest BCUT2D eigenvalue weighted by Gasteiger charge is 2.16. The van der Waals surface area contributed by atoms with Crippen molar-refractivity contribution in [2.45, 2.75) is 39.5 Å². The number of nitrogens with one attached hydrogen (secondary N) is 1. The van der Waals surface area contributed by atoms with Gasteiger partial charge in [-0.25, -0.2) is 4.79 Å². The number of carboxylic acids is 1. The van der Waals surface area contributed by atoms with E-state index in [1.54, 1.807) is 24.3 Å². The van der Waals surface area contributed by atoms with E-state index in [1.807, 2.05) is 35.0 Å². The second kappa shape index (κ2) is 8.74. The van der Waals surface area contributed by atoms with Crippen LogP contribution in [0.1, 0.15) is 49.9 Å². The van der Waals surface area contributed by atoms with Gasteiger partial charge in [-0.3, -0.25) is 4.79 Å². The minimum absolute atomic E-state index is 0.0333. The van der Waals surface area contributed by atoms with Crippen molar-refractivity contribution >= 4 is 28.5 Å². The highest BCUT2D eigenvalue weighted by molar-refractivity contribution is 5.95. The van der Waals surface area contributed by atoms with Crippen LogP contribution in [-0.2, 0) is 4.79 Å². The summed E-state index contributed by atoms with van der Waals surface area (Å²) in [5.74, 6) is -0.840. The summed E-state index contributed by atoms with van der Waals surface area (Å²) in [6, 6.07) is 14.6. The van der Waals surface area contributed by atoms with Gasteiger partial charge in [0, 0.05) is 28.9 Å². The van der Waals surface area contributed by atoms with Crippen LogP contribution in [0.15, 0.2) is 54.7 Å². The average Bonchev–Trinajstić information content (AvgIpc) is 3.12. The van der Waals surface area contributed by atoms with Crippen molar-refractivity contribution in [1.29, 1.82) is 0 Å². The van der Waals surface area contributed by atoms with E-state index < -0.39 is 5.97 Å². The molecule has 1 amide bonds. The lowest BCUT2D eigenvalue weighted by Crippen LogP contribution is -2.22. The maximum atomic E-state index is 12.6. The molecule has 0 aliphatic carbocycles. The fraction of sp³-hybridized carbons (Fsp3) is 0.304. The van der Waals surface area contributed by atoms with Gasteiger partial charge in [0.15, 0.2) is 0 Å². The summed E-state index contributed by atoms with van der Waals surface area (Å²) >= 11 is 0. The number of anilines is 1. The molecule has 1 aromatic heterocycles. The Morgan fingerprint density at radius 2 is 1.82 bits per heavy atom. The van der Waals surface area contributed by atoms with E-state index in [4.69, 9.17) is 5.11 Å². The van der Waals surface area contributed by atoms with Gasteiger partial charge in [0.05, 0.1) is 11.1 Å². The Balaban J connectivity index is 1.86. The van der Waals surface area contributed by atoms with Gasteiger partial charge in [0.2, 0.25) is 5.91 Å². The van der Waals surface area contributed by atoms with Crippen LogP contribution in [0.25, 0.3) is 16.6 Å². The van der Waals surface area contributed by atoms with Crippen molar-refractivity contribution in [3.05, 3.63) is 60.3 Å². The summed E-state index contributed by atoms with van der Waals surface area (Å²) < 4.78 is 1.99. The van der Waals surface area contributed by atoms with Gasteiger partial charge in [-0.15, -0.1) is 0 Å². The maximum absolute atomic E-state index is 12.6. The van der Waals surface area contributed by atoms with Gasteiger partial charge >= 0.3 is 5.97 Å². The van der Waals surface area contributed by atoms with E-state index in [9.17, 15) is 9.59 Å². The molecule has 2 N–H and O–H groups in total. The molecule has 5 nitrogen and oxygen atoms in total. The molecular weight excluding hydrogens is 352 g/mol. The summed E-state index contributed by atoms with van der Waals surface area (Å²) in [4.78, 5) is 23.7. The Kier molecular flexibility index (Phi) is 6.14. The molecule has 0 saturated heterocycles. The number of carbonyl (C=O) groups is 2. The van der Waals surface area contributed by atoms with Crippen LogP contribution in [0.2, 0.25) is 0 Å². The number of carbonyl (C=O) groups excluding carboxylic acids is 1. The molecule has 1 atom stereocenters. The summed E-state index contributed by atoms with van der Waals surface area (Å²) in [6.45, 7) is 4.19. The molecule has 28 heavy (non-hydrogen) atoms. The molecule has 146 valence electrons. The van der Waals surface area contributed by atoms with Crippen molar-refractivity contribution in [1.82, 2.24) is 4.57 Å². The number of nitrogens with zero attached hydrogens (tertiary/aromatic N) is 1. The second-order valence-electron chi connectivity index (χ2n) is 7.05. The summed E-state index contributed by atoms with van der Waals surface area (Å²) in [5, 5.41) is 13.2. The van der Waals surface area contributed by atoms with Gasteiger partial charge < -0.3 is 15.0 Å². The largest absolute Gasteiger partial charge is 0.478 e. The van der Waals surface area contributed by atoms with E-state index >= 15 is 0 Å². The molecule has 3 rings (SSSR count). The number of unbranched alkanes of at least 4 members (excludes halogenated alkanes) is 1. The first-order chi connectivity index (χ1) is 13.5. The Morgan fingerprint density at radius 3 is 2.46 bits per heavy atom. The third-order valence-corrected chi connectivity index (χ3v) is 5.12. The van der Waals surface area contributed by atoms with Crippen LogP contribution in [0.3, 0.4) is 0 Å². The van der Waals surface area contributed by atoms with Gasteiger partial charge in [0.25, 0.3) is 0 Å². The van der Waals surface area contributed by atoms with E-state index in [2.05, 4.69) is 19.2 Å². The fourth-order valence-corrected chi connectivity index (χ4v) is 3.41. The smallest absolute Gasteiger partial charge is 0.335 e. The molecule has 0 saturated carbocycles. The van der Waals surface area contributed by atoms with Crippen molar-refractivity contribution in [3.8, 4) is 5.69 Å². The fourth-order valence-electron chi connectivity index (χ4n) is 3.41. The zero-order valence-corrected chi connectivity index (χ0v) is 16.3. The quantitative estimate of drug-likeness (QED) is 0.545. The Morgan fingerprint density at radius 1 is 1.07 bits per heavy atom. The number of fused-ring (bicyclic) bond motifs is 1. The predicted molar refractivity (Wildman–Crippen MR) is 112 cm³/mol. The summed E-state index contributed by atoms with van der Waals surface area (Å²) in [7, 11) is 0. The number of amides is 1. The third-order valence-electron chi connectivity index (χ3n) is 5.12. The number of carboxylic acid groups (broad SMARTS) is 1. The van der Waals surface area contributed by atoms with E-state index in [0.717, 1.165) is 48.0 Å². The molecule has 1 unspecified atom stereocenters. The Bertz CT molecular complexity index is 973. The van der Waals surface area contributed by atoms with E-state index in [0.29, 0.717) is 0 Å². The first kappa shape index (κ1) is 19.7. The molecule has 0 aliphatic heterocycles. The summed E-state index contributed by atoms with van der Waals surface area (Å²) in [6.07, 6.45) is 5.83. The van der Waals surface area contributed by atoms with Crippen LogP contribution < -0.4 is 5.32 Å². The predicted octanol–water partition coefficient (Wildman–Crippen LogP) is 5.48. The standard InChI is InChI=1S/C23H26N2O3/c1-3-5-6-16(4-2)22(26)24-19-10-7-17-13-14-25(21(17)15-19)20-11-8-18(9-12-20)23(27)28/h7-16H,3-6H2,1-2H3,(H,24,26)(H,27,28). The first-order valence-electron chi connectivity index (χ1n) is 9.79. The van der Waals surface area contributed by atoms with Gasteiger partial charge in [-0.1, -0.05) is 32.8 Å². The lowest BCUT2D eigenvalue weighted by molar-refractivity contribution is -0.120. The number of aromatic carboxylic acids is 1. The molecule has 5 heteroatoms. The second-order valence-corrected chi connectivity index (χ2v) is 7.05. The van der Waals surface area contributed by atoms with Gasteiger partial charge in [0.1, 0.15) is 0 Å². The van der Waals surface area contributed by atoms with Gasteiger partial charge in [-0.05, 0) is 55.3 Å². The topological polar surface area (TPSA) is 71.3 Å². The van der Waals surface area contributed by atoms with Crippen molar-refractivity contribution in [2.24, 2.45) is 5.92 Å². The molecule has 0 spiro atoms. The lowest BCUT2D eigenvalue weighted by Gasteiger charge is -2.15. The molecule has 0 bridgehead atoms. The Hall–Kier alpha value is -3.08. The first-order valence-corrected chi connectivity index (χ1v) is 9.79. The molecule has 0 radical (unpaired) electrons. The van der Waals surface area contributed by atoms with Crippen LogP contribution in [0.4, 0.5) is 5.69 Å². The minimum Gasteiger partial charge on any atom is -0.478 e. The molecular formula is C23H26N2O3. The van der Waals surface area contributed by atoms with Crippen molar-refractivity contribution < 1.29 is 14.7 Å². The molecule has 0 fully saturated rings. The highest BCUT2D eigenvalue weighted by Crippen LogP contribution is 2.25. The number of hydrogen-bond donors (Lipinski definition) is 2. The summed E-state index contributed by atoms with van der Waals surface area (Å²) in [5.41, 5.74) is 2.86. The highest BCUT2D eigenvalue weighted by atomic mass is 16.4. The monoisotopic (exact) mass is 378 g/mol.